The molecule has 0 unspecified atom stereocenters. The van der Waals surface area contributed by atoms with Crippen molar-refractivity contribution in [3.05, 3.63) is 35.1 Å². The summed E-state index contributed by atoms with van der Waals surface area (Å²) in [4.78, 5) is 11.8. The second-order valence-corrected chi connectivity index (χ2v) is 5.04. The number of amides is 1. The molecular weight excluding hydrogens is 332 g/mol. The van der Waals surface area contributed by atoms with Crippen LogP contribution in [0, 0.1) is 12.7 Å². The summed E-state index contributed by atoms with van der Waals surface area (Å²) in [7, 11) is 0. The molecule has 0 aliphatic carbocycles. The Balaban J connectivity index is 2.42. The molecule has 1 aromatic rings. The number of benzene rings is 1. The van der Waals surface area contributed by atoms with Crippen molar-refractivity contribution in [3.63, 3.8) is 0 Å². The number of rotatable bonds is 6. The third-order valence-electron chi connectivity index (χ3n) is 2.53. The van der Waals surface area contributed by atoms with Crippen LogP contribution >= 0.6 is 22.6 Å². The molecule has 0 aliphatic heterocycles. The van der Waals surface area contributed by atoms with Crippen LogP contribution in [0.15, 0.2) is 18.2 Å². The third kappa shape index (κ3) is 5.02. The standard InChI is InChI=1S/C13H17FINO/c1-10-9-11(14)5-6-12(10)13(17)16-8-4-2-3-7-15/h5-6,9H,2-4,7-8H2,1H3,(H,16,17). The summed E-state index contributed by atoms with van der Waals surface area (Å²) < 4.78 is 14.0. The summed E-state index contributed by atoms with van der Waals surface area (Å²) in [5.74, 6) is -0.418. The summed E-state index contributed by atoms with van der Waals surface area (Å²) in [6.45, 7) is 2.43. The number of hydrogen-bond acceptors (Lipinski definition) is 1. The highest BCUT2D eigenvalue weighted by Crippen LogP contribution is 2.09. The zero-order chi connectivity index (χ0) is 12.7. The first-order chi connectivity index (χ1) is 8.15. The molecule has 0 saturated carbocycles. The van der Waals surface area contributed by atoms with Crippen molar-refractivity contribution in [2.24, 2.45) is 0 Å². The number of hydrogen-bond donors (Lipinski definition) is 1. The van der Waals surface area contributed by atoms with Crippen LogP contribution in [0.2, 0.25) is 0 Å². The fourth-order valence-electron chi connectivity index (χ4n) is 1.58. The van der Waals surface area contributed by atoms with Crippen LogP contribution in [-0.2, 0) is 0 Å². The van der Waals surface area contributed by atoms with E-state index in [-0.39, 0.29) is 11.7 Å². The number of nitrogens with one attached hydrogen (secondary N) is 1. The van der Waals surface area contributed by atoms with Gasteiger partial charge in [-0.3, -0.25) is 4.79 Å². The minimum Gasteiger partial charge on any atom is -0.352 e. The maximum atomic E-state index is 12.9. The zero-order valence-corrected chi connectivity index (χ0v) is 12.1. The van der Waals surface area contributed by atoms with Gasteiger partial charge < -0.3 is 5.32 Å². The smallest absolute Gasteiger partial charge is 0.251 e. The van der Waals surface area contributed by atoms with E-state index < -0.39 is 0 Å². The van der Waals surface area contributed by atoms with E-state index in [0.29, 0.717) is 17.7 Å². The van der Waals surface area contributed by atoms with Gasteiger partial charge in [0.1, 0.15) is 5.82 Å². The van der Waals surface area contributed by atoms with Gasteiger partial charge in [0.25, 0.3) is 5.91 Å². The Morgan fingerprint density at radius 2 is 2.12 bits per heavy atom. The topological polar surface area (TPSA) is 29.1 Å². The number of carbonyl (C=O) groups is 1. The van der Waals surface area contributed by atoms with Crippen molar-refractivity contribution in [1.82, 2.24) is 5.32 Å². The normalized spacial score (nSPS) is 10.3. The number of alkyl halides is 1. The first kappa shape index (κ1) is 14.4. The molecule has 0 bridgehead atoms. The van der Waals surface area contributed by atoms with Crippen LogP contribution in [0.25, 0.3) is 0 Å². The monoisotopic (exact) mass is 349 g/mol. The molecule has 0 aliphatic rings. The van der Waals surface area contributed by atoms with Crippen molar-refractivity contribution >= 4 is 28.5 Å². The van der Waals surface area contributed by atoms with Gasteiger partial charge in [-0.2, -0.15) is 0 Å². The Hall–Kier alpha value is -0.650. The van der Waals surface area contributed by atoms with E-state index in [0.717, 1.165) is 17.3 Å². The lowest BCUT2D eigenvalue weighted by molar-refractivity contribution is 0.0952. The highest BCUT2D eigenvalue weighted by molar-refractivity contribution is 14.1. The van der Waals surface area contributed by atoms with Crippen LogP contribution in [0.3, 0.4) is 0 Å². The van der Waals surface area contributed by atoms with E-state index in [1.54, 1.807) is 6.92 Å². The number of carbonyl (C=O) groups excluding carboxylic acids is 1. The highest BCUT2D eigenvalue weighted by atomic mass is 127. The van der Waals surface area contributed by atoms with Crippen LogP contribution in [0.1, 0.15) is 35.2 Å². The molecule has 4 heteroatoms. The minimum absolute atomic E-state index is 0.114. The molecular formula is C13H17FINO. The van der Waals surface area contributed by atoms with E-state index in [4.69, 9.17) is 0 Å². The second kappa shape index (κ2) is 7.63. The van der Waals surface area contributed by atoms with Crippen molar-refractivity contribution in [2.75, 3.05) is 11.0 Å². The van der Waals surface area contributed by atoms with E-state index in [1.807, 2.05) is 0 Å². The lowest BCUT2D eigenvalue weighted by Gasteiger charge is -2.07. The van der Waals surface area contributed by atoms with Gasteiger partial charge in [-0.15, -0.1) is 0 Å². The molecule has 0 spiro atoms. The van der Waals surface area contributed by atoms with Crippen molar-refractivity contribution < 1.29 is 9.18 Å². The molecule has 0 fully saturated rings. The molecule has 0 atom stereocenters. The lowest BCUT2D eigenvalue weighted by atomic mass is 10.1. The van der Waals surface area contributed by atoms with Gasteiger partial charge in [0.05, 0.1) is 0 Å². The van der Waals surface area contributed by atoms with Gasteiger partial charge in [0, 0.05) is 12.1 Å². The van der Waals surface area contributed by atoms with E-state index in [1.165, 1.54) is 24.6 Å². The molecule has 0 radical (unpaired) electrons. The largest absolute Gasteiger partial charge is 0.352 e. The van der Waals surface area contributed by atoms with Crippen LogP contribution in [-0.4, -0.2) is 16.9 Å². The summed E-state index contributed by atoms with van der Waals surface area (Å²) in [6, 6.07) is 4.23. The van der Waals surface area contributed by atoms with E-state index in [2.05, 4.69) is 27.9 Å². The summed E-state index contributed by atoms with van der Waals surface area (Å²) in [5, 5.41) is 2.85. The summed E-state index contributed by atoms with van der Waals surface area (Å²) in [6.07, 6.45) is 3.31. The maximum Gasteiger partial charge on any atom is 0.251 e. The van der Waals surface area contributed by atoms with Gasteiger partial charge in [-0.05, 0) is 48.0 Å². The van der Waals surface area contributed by atoms with Gasteiger partial charge >= 0.3 is 0 Å². The molecule has 1 amide bonds. The van der Waals surface area contributed by atoms with Gasteiger partial charge in [0.2, 0.25) is 0 Å². The summed E-state index contributed by atoms with van der Waals surface area (Å²) in [5.41, 5.74) is 1.23. The van der Waals surface area contributed by atoms with E-state index in [9.17, 15) is 9.18 Å². The molecule has 2 nitrogen and oxygen atoms in total. The van der Waals surface area contributed by atoms with Crippen molar-refractivity contribution in [3.8, 4) is 0 Å². The average Bonchev–Trinajstić information content (AvgIpc) is 2.28. The fourth-order valence-corrected chi connectivity index (χ4v) is 2.11. The third-order valence-corrected chi connectivity index (χ3v) is 3.29. The van der Waals surface area contributed by atoms with Crippen molar-refractivity contribution in [2.45, 2.75) is 26.2 Å². The Morgan fingerprint density at radius 3 is 2.76 bits per heavy atom. The SMILES string of the molecule is Cc1cc(F)ccc1C(=O)NCCCCCI. The molecule has 1 aromatic carbocycles. The highest BCUT2D eigenvalue weighted by Gasteiger charge is 2.08. The average molecular weight is 349 g/mol. The predicted octanol–water partition coefficient (Wildman–Crippen LogP) is 3.47. The second-order valence-electron chi connectivity index (χ2n) is 3.96. The van der Waals surface area contributed by atoms with Gasteiger partial charge in [-0.1, -0.05) is 29.0 Å². The Morgan fingerprint density at radius 1 is 1.35 bits per heavy atom. The quantitative estimate of drug-likeness (QED) is 0.476. The molecule has 17 heavy (non-hydrogen) atoms. The van der Waals surface area contributed by atoms with Gasteiger partial charge in [-0.25, -0.2) is 4.39 Å². The van der Waals surface area contributed by atoms with Gasteiger partial charge in [0.15, 0.2) is 0 Å². The summed E-state index contributed by atoms with van der Waals surface area (Å²) >= 11 is 2.35. The minimum atomic E-state index is -0.305. The Labute approximate surface area is 115 Å². The van der Waals surface area contributed by atoms with Crippen LogP contribution in [0.5, 0.6) is 0 Å². The molecule has 1 N–H and O–H groups in total. The predicted molar refractivity (Wildman–Crippen MR) is 76.2 cm³/mol. The lowest BCUT2D eigenvalue weighted by Crippen LogP contribution is -2.25. The van der Waals surface area contributed by atoms with Crippen LogP contribution in [0.4, 0.5) is 4.39 Å². The maximum absolute atomic E-state index is 12.9. The molecule has 0 aromatic heterocycles. The van der Waals surface area contributed by atoms with Crippen molar-refractivity contribution in [1.29, 1.82) is 0 Å². The number of aryl methyl sites for hydroxylation is 1. The zero-order valence-electron chi connectivity index (χ0n) is 9.93. The molecule has 0 saturated heterocycles. The Bertz CT molecular complexity index is 382. The van der Waals surface area contributed by atoms with Crippen LogP contribution < -0.4 is 5.32 Å². The van der Waals surface area contributed by atoms with E-state index >= 15 is 0 Å². The number of halogens is 2. The molecule has 1 rings (SSSR count). The molecule has 0 heterocycles. The molecule has 94 valence electrons. The first-order valence-corrected chi connectivity index (χ1v) is 7.28. The fraction of sp³-hybridized carbons (Fsp3) is 0.462. The Kier molecular flexibility index (Phi) is 6.47. The number of unbranched alkanes of at least 4 members (excludes halogenated alkanes) is 2. The first-order valence-electron chi connectivity index (χ1n) is 5.75.